The number of rotatable bonds is 2. The topological polar surface area (TPSA) is 38.1 Å². The van der Waals surface area contributed by atoms with Crippen molar-refractivity contribution in [3.63, 3.8) is 0 Å². The van der Waals surface area contributed by atoms with Crippen LogP contribution in [0.25, 0.3) is 0 Å². The Hall–Kier alpha value is -2.17. The Morgan fingerprint density at radius 2 is 1.88 bits per heavy atom. The molecular weight excluding hydrogens is 317 g/mol. The van der Waals surface area contributed by atoms with Gasteiger partial charge < -0.3 is 9.47 Å². The number of nitrogens with zero attached hydrogens (tertiary/aromatic N) is 3. The van der Waals surface area contributed by atoms with Gasteiger partial charge in [0.2, 0.25) is 0 Å². The molecule has 132 valence electrons. The molecule has 2 aliphatic heterocycles. The summed E-state index contributed by atoms with van der Waals surface area (Å²) < 4.78 is 15.2. The molecule has 1 aromatic carbocycles. The average molecular weight is 341 g/mol. The SMILES string of the molecule is CC1CCN(C(=O)c2cn3c(n2)CCC(c2ccc(F)cc2)C3)CC1. The number of hydrogen-bond acceptors (Lipinski definition) is 2. The van der Waals surface area contributed by atoms with Gasteiger partial charge in [-0.2, -0.15) is 0 Å². The maximum Gasteiger partial charge on any atom is 0.274 e. The van der Waals surface area contributed by atoms with Gasteiger partial charge >= 0.3 is 0 Å². The molecule has 1 aromatic heterocycles. The number of aryl methyl sites for hydroxylation is 1. The molecule has 1 unspecified atom stereocenters. The highest BCUT2D eigenvalue weighted by Crippen LogP contribution is 2.29. The summed E-state index contributed by atoms with van der Waals surface area (Å²) in [6.45, 7) is 4.71. The van der Waals surface area contributed by atoms with E-state index < -0.39 is 0 Å². The molecule has 5 heteroatoms. The first-order valence-corrected chi connectivity index (χ1v) is 9.21. The first kappa shape index (κ1) is 16.3. The molecule has 3 heterocycles. The highest BCUT2D eigenvalue weighted by Gasteiger charge is 2.27. The summed E-state index contributed by atoms with van der Waals surface area (Å²) in [5.41, 5.74) is 1.72. The van der Waals surface area contributed by atoms with E-state index in [0.717, 1.165) is 56.7 Å². The van der Waals surface area contributed by atoms with Crippen LogP contribution in [0.1, 0.15) is 54.0 Å². The number of benzene rings is 1. The number of hydrogen-bond donors (Lipinski definition) is 0. The minimum Gasteiger partial charge on any atom is -0.337 e. The summed E-state index contributed by atoms with van der Waals surface area (Å²) in [5, 5.41) is 0. The van der Waals surface area contributed by atoms with Crippen LogP contribution in [-0.2, 0) is 13.0 Å². The van der Waals surface area contributed by atoms with E-state index in [2.05, 4.69) is 16.5 Å². The number of carbonyl (C=O) groups excluding carboxylic acids is 1. The van der Waals surface area contributed by atoms with E-state index in [0.29, 0.717) is 17.5 Å². The predicted octanol–water partition coefficient (Wildman–Crippen LogP) is 3.62. The number of aromatic nitrogens is 2. The lowest BCUT2D eigenvalue weighted by molar-refractivity contribution is 0.0691. The predicted molar refractivity (Wildman–Crippen MR) is 94.0 cm³/mol. The van der Waals surface area contributed by atoms with Crippen molar-refractivity contribution in [2.24, 2.45) is 5.92 Å². The molecule has 0 bridgehead atoms. The Bertz CT molecular complexity index is 760. The van der Waals surface area contributed by atoms with Gasteiger partial charge in [-0.1, -0.05) is 19.1 Å². The Labute approximate surface area is 147 Å². The Morgan fingerprint density at radius 3 is 2.60 bits per heavy atom. The molecule has 4 rings (SSSR count). The van der Waals surface area contributed by atoms with Crippen molar-refractivity contribution in [3.05, 3.63) is 53.4 Å². The molecule has 2 aromatic rings. The normalized spacial score (nSPS) is 21.2. The summed E-state index contributed by atoms with van der Waals surface area (Å²) >= 11 is 0. The summed E-state index contributed by atoms with van der Waals surface area (Å²) in [7, 11) is 0. The van der Waals surface area contributed by atoms with Crippen molar-refractivity contribution in [3.8, 4) is 0 Å². The van der Waals surface area contributed by atoms with E-state index in [-0.39, 0.29) is 11.7 Å². The number of likely N-dealkylation sites (tertiary alicyclic amines) is 1. The molecule has 0 N–H and O–H groups in total. The van der Waals surface area contributed by atoms with E-state index >= 15 is 0 Å². The highest BCUT2D eigenvalue weighted by atomic mass is 19.1. The zero-order valence-corrected chi connectivity index (χ0v) is 14.6. The van der Waals surface area contributed by atoms with Gasteiger partial charge in [0.15, 0.2) is 0 Å². The van der Waals surface area contributed by atoms with Crippen LogP contribution in [-0.4, -0.2) is 33.4 Å². The molecule has 25 heavy (non-hydrogen) atoms. The molecule has 0 radical (unpaired) electrons. The fourth-order valence-electron chi connectivity index (χ4n) is 3.93. The third-order valence-electron chi connectivity index (χ3n) is 5.62. The quantitative estimate of drug-likeness (QED) is 0.837. The Morgan fingerprint density at radius 1 is 1.16 bits per heavy atom. The number of imidazole rings is 1. The van der Waals surface area contributed by atoms with Gasteiger partial charge in [0.05, 0.1) is 0 Å². The van der Waals surface area contributed by atoms with Gasteiger partial charge in [0.1, 0.15) is 17.3 Å². The fraction of sp³-hybridized carbons (Fsp3) is 0.500. The Balaban J connectivity index is 1.48. The van der Waals surface area contributed by atoms with E-state index in [1.807, 2.05) is 23.2 Å². The molecule has 0 spiro atoms. The maximum atomic E-state index is 13.1. The summed E-state index contributed by atoms with van der Waals surface area (Å²) in [4.78, 5) is 19.3. The summed E-state index contributed by atoms with van der Waals surface area (Å²) in [5.74, 6) is 1.91. The van der Waals surface area contributed by atoms with Crippen molar-refractivity contribution < 1.29 is 9.18 Å². The molecule has 1 atom stereocenters. The number of piperidine rings is 1. The van der Waals surface area contributed by atoms with Gasteiger partial charge in [-0.15, -0.1) is 0 Å². The van der Waals surface area contributed by atoms with Crippen LogP contribution in [0, 0.1) is 11.7 Å². The standard InChI is InChI=1S/C20H24FN3O/c1-14-8-10-23(11-9-14)20(25)18-13-24-12-16(4-7-19(24)22-18)15-2-5-17(21)6-3-15/h2-3,5-6,13-14,16H,4,7-12H2,1H3. The molecule has 1 fully saturated rings. The first-order chi connectivity index (χ1) is 12.1. The van der Waals surface area contributed by atoms with Crippen LogP contribution >= 0.6 is 0 Å². The van der Waals surface area contributed by atoms with Gasteiger partial charge in [0.25, 0.3) is 5.91 Å². The van der Waals surface area contributed by atoms with Crippen LogP contribution in [0.3, 0.4) is 0 Å². The van der Waals surface area contributed by atoms with Gasteiger partial charge in [0, 0.05) is 38.2 Å². The van der Waals surface area contributed by atoms with Crippen LogP contribution in [0.4, 0.5) is 4.39 Å². The van der Waals surface area contributed by atoms with Crippen molar-refractivity contribution in [2.45, 2.75) is 45.1 Å². The summed E-state index contributed by atoms with van der Waals surface area (Å²) in [6, 6.07) is 6.77. The lowest BCUT2D eigenvalue weighted by Crippen LogP contribution is -2.38. The fourth-order valence-corrected chi connectivity index (χ4v) is 3.93. The number of halogens is 1. The van der Waals surface area contributed by atoms with E-state index in [1.165, 1.54) is 12.1 Å². The monoisotopic (exact) mass is 341 g/mol. The lowest BCUT2D eigenvalue weighted by atomic mass is 9.91. The molecule has 4 nitrogen and oxygen atoms in total. The van der Waals surface area contributed by atoms with Crippen LogP contribution in [0.15, 0.2) is 30.5 Å². The van der Waals surface area contributed by atoms with Crippen molar-refractivity contribution in [1.29, 1.82) is 0 Å². The van der Waals surface area contributed by atoms with E-state index in [9.17, 15) is 9.18 Å². The van der Waals surface area contributed by atoms with Crippen molar-refractivity contribution >= 4 is 5.91 Å². The van der Waals surface area contributed by atoms with Crippen molar-refractivity contribution in [2.75, 3.05) is 13.1 Å². The minimum atomic E-state index is -0.202. The molecule has 1 amide bonds. The zero-order valence-electron chi connectivity index (χ0n) is 14.6. The van der Waals surface area contributed by atoms with Gasteiger partial charge in [-0.3, -0.25) is 4.79 Å². The molecule has 2 aliphatic rings. The second kappa shape index (κ2) is 6.62. The van der Waals surface area contributed by atoms with Crippen LogP contribution in [0.2, 0.25) is 0 Å². The highest BCUT2D eigenvalue weighted by molar-refractivity contribution is 5.92. The Kier molecular flexibility index (Phi) is 4.32. The molecular formula is C20H24FN3O. The number of amides is 1. The maximum absolute atomic E-state index is 13.1. The lowest BCUT2D eigenvalue weighted by Gasteiger charge is -2.29. The van der Waals surface area contributed by atoms with E-state index in [1.54, 1.807) is 0 Å². The van der Waals surface area contributed by atoms with Crippen molar-refractivity contribution in [1.82, 2.24) is 14.5 Å². The molecule has 1 saturated heterocycles. The second-order valence-electron chi connectivity index (χ2n) is 7.46. The number of carbonyl (C=O) groups is 1. The third kappa shape index (κ3) is 3.32. The molecule has 0 saturated carbocycles. The third-order valence-corrected chi connectivity index (χ3v) is 5.62. The molecule has 0 aliphatic carbocycles. The van der Waals surface area contributed by atoms with E-state index in [4.69, 9.17) is 0 Å². The van der Waals surface area contributed by atoms with Gasteiger partial charge in [-0.05, 0) is 42.9 Å². The van der Waals surface area contributed by atoms with Gasteiger partial charge in [-0.25, -0.2) is 9.37 Å². The first-order valence-electron chi connectivity index (χ1n) is 9.21. The van der Waals surface area contributed by atoms with Crippen LogP contribution in [0.5, 0.6) is 0 Å². The second-order valence-corrected chi connectivity index (χ2v) is 7.46. The number of fused-ring (bicyclic) bond motifs is 1. The smallest absolute Gasteiger partial charge is 0.274 e. The zero-order chi connectivity index (χ0) is 17.4. The largest absolute Gasteiger partial charge is 0.337 e. The van der Waals surface area contributed by atoms with Crippen LogP contribution < -0.4 is 0 Å². The minimum absolute atomic E-state index is 0.0622. The summed E-state index contributed by atoms with van der Waals surface area (Å²) in [6.07, 6.45) is 5.90. The average Bonchev–Trinajstić information content (AvgIpc) is 3.05.